The molecular weight excluding hydrogens is 292 g/mol. The second-order valence-electron chi connectivity index (χ2n) is 5.39. The van der Waals surface area contributed by atoms with E-state index in [1.807, 2.05) is 13.8 Å². The summed E-state index contributed by atoms with van der Waals surface area (Å²) >= 11 is 0. The monoisotopic (exact) mass is 312 g/mol. The summed E-state index contributed by atoms with van der Waals surface area (Å²) in [5, 5.41) is 5.60. The second kappa shape index (κ2) is 7.45. The van der Waals surface area contributed by atoms with Crippen LogP contribution in [0.15, 0.2) is 48.5 Å². The molecule has 0 aromatic heterocycles. The van der Waals surface area contributed by atoms with Crippen LogP contribution in [0, 0.1) is 0 Å². The van der Waals surface area contributed by atoms with Crippen molar-refractivity contribution >= 4 is 17.5 Å². The topological polar surface area (TPSA) is 67.4 Å². The van der Waals surface area contributed by atoms with Crippen molar-refractivity contribution in [1.29, 1.82) is 0 Å². The summed E-state index contributed by atoms with van der Waals surface area (Å²) in [5.74, 6) is 0.275. The van der Waals surface area contributed by atoms with Crippen LogP contribution in [0.25, 0.3) is 0 Å². The molecule has 0 unspecified atom stereocenters. The van der Waals surface area contributed by atoms with E-state index in [0.717, 1.165) is 0 Å². The molecule has 0 heterocycles. The first kappa shape index (κ1) is 16.5. The first-order chi connectivity index (χ1) is 11.0. The number of nitrogens with one attached hydrogen (secondary N) is 2. The Hall–Kier alpha value is -2.82. The molecule has 2 aromatic carbocycles. The maximum atomic E-state index is 12.2. The van der Waals surface area contributed by atoms with Crippen LogP contribution in [-0.2, 0) is 0 Å². The largest absolute Gasteiger partial charge is 0.497 e. The van der Waals surface area contributed by atoms with Crippen LogP contribution in [0.3, 0.4) is 0 Å². The molecule has 0 saturated carbocycles. The van der Waals surface area contributed by atoms with Gasteiger partial charge in [-0.25, -0.2) is 0 Å². The number of rotatable bonds is 5. The fourth-order valence-electron chi connectivity index (χ4n) is 2.02. The molecule has 2 N–H and O–H groups in total. The average Bonchev–Trinajstić information content (AvgIpc) is 2.54. The van der Waals surface area contributed by atoms with E-state index in [1.54, 1.807) is 55.6 Å². The summed E-state index contributed by atoms with van der Waals surface area (Å²) < 4.78 is 5.12. The van der Waals surface area contributed by atoms with E-state index >= 15 is 0 Å². The van der Waals surface area contributed by atoms with Gasteiger partial charge in [0, 0.05) is 28.9 Å². The normalized spacial score (nSPS) is 10.3. The van der Waals surface area contributed by atoms with E-state index < -0.39 is 0 Å². The second-order valence-corrected chi connectivity index (χ2v) is 5.39. The number of anilines is 1. The van der Waals surface area contributed by atoms with Crippen molar-refractivity contribution in [2.24, 2.45) is 0 Å². The minimum absolute atomic E-state index is 0.0681. The molecular formula is C18H20N2O3. The molecule has 0 aliphatic heterocycles. The molecule has 5 heteroatoms. The van der Waals surface area contributed by atoms with Gasteiger partial charge in [0.05, 0.1) is 7.11 Å². The molecule has 0 aliphatic carbocycles. The van der Waals surface area contributed by atoms with Crippen LogP contribution in [0.2, 0.25) is 0 Å². The third-order valence-corrected chi connectivity index (χ3v) is 3.16. The summed E-state index contributed by atoms with van der Waals surface area (Å²) in [6, 6.07) is 13.7. The maximum Gasteiger partial charge on any atom is 0.255 e. The molecule has 0 saturated heterocycles. The van der Waals surface area contributed by atoms with E-state index in [-0.39, 0.29) is 17.9 Å². The first-order valence-corrected chi connectivity index (χ1v) is 7.36. The molecule has 2 rings (SSSR count). The van der Waals surface area contributed by atoms with Gasteiger partial charge >= 0.3 is 0 Å². The van der Waals surface area contributed by atoms with E-state index in [4.69, 9.17) is 4.74 Å². The van der Waals surface area contributed by atoms with Crippen LogP contribution in [-0.4, -0.2) is 25.0 Å². The van der Waals surface area contributed by atoms with Crippen LogP contribution < -0.4 is 15.4 Å². The van der Waals surface area contributed by atoms with E-state index in [9.17, 15) is 9.59 Å². The van der Waals surface area contributed by atoms with E-state index in [0.29, 0.717) is 22.6 Å². The summed E-state index contributed by atoms with van der Waals surface area (Å²) in [4.78, 5) is 24.1. The Bertz CT molecular complexity index is 694. The van der Waals surface area contributed by atoms with Gasteiger partial charge in [0.25, 0.3) is 11.8 Å². The third-order valence-electron chi connectivity index (χ3n) is 3.16. The van der Waals surface area contributed by atoms with Crippen molar-refractivity contribution in [1.82, 2.24) is 5.32 Å². The number of ether oxygens (including phenoxy) is 1. The van der Waals surface area contributed by atoms with Crippen LogP contribution in [0.5, 0.6) is 5.75 Å². The van der Waals surface area contributed by atoms with E-state index in [2.05, 4.69) is 10.6 Å². The van der Waals surface area contributed by atoms with Gasteiger partial charge in [-0.15, -0.1) is 0 Å². The van der Waals surface area contributed by atoms with Crippen LogP contribution >= 0.6 is 0 Å². The lowest BCUT2D eigenvalue weighted by atomic mass is 10.1. The van der Waals surface area contributed by atoms with Crippen molar-refractivity contribution in [3.05, 3.63) is 59.7 Å². The Morgan fingerprint density at radius 1 is 0.957 bits per heavy atom. The molecule has 0 radical (unpaired) electrons. The van der Waals surface area contributed by atoms with Crippen molar-refractivity contribution in [2.75, 3.05) is 12.4 Å². The van der Waals surface area contributed by atoms with Gasteiger partial charge in [-0.3, -0.25) is 9.59 Å². The lowest BCUT2D eigenvalue weighted by molar-refractivity contribution is 0.0941. The van der Waals surface area contributed by atoms with Crippen molar-refractivity contribution in [3.8, 4) is 5.75 Å². The number of hydrogen-bond donors (Lipinski definition) is 2. The predicted molar refractivity (Wildman–Crippen MR) is 90.0 cm³/mol. The molecule has 0 bridgehead atoms. The van der Waals surface area contributed by atoms with Crippen molar-refractivity contribution in [3.63, 3.8) is 0 Å². The highest BCUT2D eigenvalue weighted by atomic mass is 16.5. The van der Waals surface area contributed by atoms with Gasteiger partial charge in [-0.1, -0.05) is 6.07 Å². The Kier molecular flexibility index (Phi) is 5.36. The van der Waals surface area contributed by atoms with Gasteiger partial charge in [-0.05, 0) is 50.2 Å². The van der Waals surface area contributed by atoms with Gasteiger partial charge in [0.1, 0.15) is 5.75 Å². The lowest BCUT2D eigenvalue weighted by Gasteiger charge is -2.09. The molecule has 0 spiro atoms. The predicted octanol–water partition coefficient (Wildman–Crippen LogP) is 3.09. The van der Waals surface area contributed by atoms with Gasteiger partial charge in [0.2, 0.25) is 0 Å². The minimum atomic E-state index is -0.242. The maximum absolute atomic E-state index is 12.2. The number of methoxy groups -OCH3 is 1. The van der Waals surface area contributed by atoms with Crippen molar-refractivity contribution in [2.45, 2.75) is 19.9 Å². The molecule has 0 aliphatic rings. The highest BCUT2D eigenvalue weighted by Crippen LogP contribution is 2.17. The average molecular weight is 312 g/mol. The summed E-state index contributed by atoms with van der Waals surface area (Å²) in [6.45, 7) is 3.79. The molecule has 120 valence electrons. The van der Waals surface area contributed by atoms with Crippen LogP contribution in [0.4, 0.5) is 5.69 Å². The molecule has 0 atom stereocenters. The zero-order valence-corrected chi connectivity index (χ0v) is 13.4. The fraction of sp³-hybridized carbons (Fsp3) is 0.222. The lowest BCUT2D eigenvalue weighted by Crippen LogP contribution is -2.30. The highest BCUT2D eigenvalue weighted by molar-refractivity contribution is 6.05. The van der Waals surface area contributed by atoms with Gasteiger partial charge in [-0.2, -0.15) is 0 Å². The zero-order chi connectivity index (χ0) is 16.8. The molecule has 0 fully saturated rings. The number of hydrogen-bond acceptors (Lipinski definition) is 3. The van der Waals surface area contributed by atoms with E-state index in [1.165, 1.54) is 0 Å². The minimum Gasteiger partial charge on any atom is -0.497 e. The standard InChI is InChI=1S/C18H20N2O3/c1-12(2)19-17(21)13-7-9-14(10-8-13)18(22)20-15-5-4-6-16(11-15)23-3/h4-12H,1-3H3,(H,19,21)(H,20,22). The smallest absolute Gasteiger partial charge is 0.255 e. The molecule has 2 aromatic rings. The SMILES string of the molecule is COc1cccc(NC(=O)c2ccc(C(=O)NC(C)C)cc2)c1. The number of amides is 2. The van der Waals surface area contributed by atoms with Gasteiger partial charge < -0.3 is 15.4 Å². The molecule has 23 heavy (non-hydrogen) atoms. The fourth-order valence-corrected chi connectivity index (χ4v) is 2.02. The highest BCUT2D eigenvalue weighted by Gasteiger charge is 2.10. The Morgan fingerprint density at radius 3 is 2.13 bits per heavy atom. The number of carbonyl (C=O) groups excluding carboxylic acids is 2. The summed E-state index contributed by atoms with van der Waals surface area (Å²) in [5.41, 5.74) is 1.65. The van der Waals surface area contributed by atoms with Crippen LogP contribution in [0.1, 0.15) is 34.6 Å². The van der Waals surface area contributed by atoms with Gasteiger partial charge in [0.15, 0.2) is 0 Å². The first-order valence-electron chi connectivity index (χ1n) is 7.36. The summed E-state index contributed by atoms with van der Waals surface area (Å²) in [6.07, 6.45) is 0. The Morgan fingerprint density at radius 2 is 1.57 bits per heavy atom. The zero-order valence-electron chi connectivity index (χ0n) is 13.4. The molecule has 5 nitrogen and oxygen atoms in total. The summed E-state index contributed by atoms with van der Waals surface area (Å²) in [7, 11) is 1.57. The molecule has 2 amide bonds. The number of benzene rings is 2. The van der Waals surface area contributed by atoms with Crippen molar-refractivity contribution < 1.29 is 14.3 Å². The Balaban J connectivity index is 2.06. The quantitative estimate of drug-likeness (QED) is 0.891. The number of carbonyl (C=O) groups is 2. The third kappa shape index (κ3) is 4.57. The Labute approximate surface area is 135 Å².